The van der Waals surface area contributed by atoms with Crippen molar-refractivity contribution in [3.05, 3.63) is 99.2 Å². The lowest BCUT2D eigenvalue weighted by Gasteiger charge is -2.25. The summed E-state index contributed by atoms with van der Waals surface area (Å²) in [6, 6.07) is 16.3. The Bertz CT molecular complexity index is 1510. The Labute approximate surface area is 197 Å². The molecule has 2 aliphatic rings. The molecule has 1 aromatic heterocycles. The van der Waals surface area contributed by atoms with Gasteiger partial charge in [-0.05, 0) is 59.8 Å². The third-order valence-electron chi connectivity index (χ3n) is 6.15. The van der Waals surface area contributed by atoms with Gasteiger partial charge in [-0.25, -0.2) is 4.39 Å². The van der Waals surface area contributed by atoms with Gasteiger partial charge in [0.25, 0.3) is 5.91 Å². The number of amides is 1. The number of halogens is 1. The average Bonchev–Trinajstić information content (AvgIpc) is 3.43. The van der Waals surface area contributed by atoms with Crippen molar-refractivity contribution in [2.75, 3.05) is 13.0 Å². The van der Waals surface area contributed by atoms with Gasteiger partial charge in [0.05, 0.1) is 17.0 Å². The summed E-state index contributed by atoms with van der Waals surface area (Å²) in [5, 5.41) is 0.113. The molecular weight excluding hydrogens is 457 g/mol. The first-order valence-electron chi connectivity index (χ1n) is 10.6. The van der Waals surface area contributed by atoms with Crippen LogP contribution in [0.25, 0.3) is 11.0 Å². The summed E-state index contributed by atoms with van der Waals surface area (Å²) in [6.45, 7) is 0.373. The predicted octanol–water partition coefficient (Wildman–Crippen LogP) is 5.13. The van der Waals surface area contributed by atoms with E-state index in [1.807, 2.05) is 42.7 Å². The minimum atomic E-state index is -0.673. The van der Waals surface area contributed by atoms with E-state index in [1.54, 1.807) is 22.7 Å². The van der Waals surface area contributed by atoms with Crippen LogP contribution in [-0.4, -0.2) is 23.9 Å². The number of ether oxygens (including phenoxy) is 2. The molecule has 2 aliphatic heterocycles. The van der Waals surface area contributed by atoms with E-state index in [4.69, 9.17) is 13.9 Å². The van der Waals surface area contributed by atoms with E-state index in [0.717, 1.165) is 22.1 Å². The van der Waals surface area contributed by atoms with Crippen LogP contribution in [-0.2, 0) is 6.54 Å². The van der Waals surface area contributed by atoms with Crippen LogP contribution in [0.4, 0.5) is 4.39 Å². The van der Waals surface area contributed by atoms with Crippen LogP contribution < -0.4 is 14.9 Å². The van der Waals surface area contributed by atoms with Crippen molar-refractivity contribution in [2.24, 2.45) is 0 Å². The van der Waals surface area contributed by atoms with Crippen molar-refractivity contribution in [1.29, 1.82) is 0 Å². The quantitative estimate of drug-likeness (QED) is 0.381. The molecule has 3 aromatic carbocycles. The molecule has 8 heteroatoms. The number of rotatable bonds is 4. The third-order valence-corrected chi connectivity index (χ3v) is 6.89. The molecule has 1 unspecified atom stereocenters. The summed E-state index contributed by atoms with van der Waals surface area (Å²) >= 11 is 1.60. The summed E-state index contributed by atoms with van der Waals surface area (Å²) < 4.78 is 30.7. The van der Waals surface area contributed by atoms with Crippen LogP contribution in [0.2, 0.25) is 0 Å². The molecule has 1 amide bonds. The maximum absolute atomic E-state index is 13.9. The van der Waals surface area contributed by atoms with Crippen LogP contribution in [0.15, 0.2) is 74.8 Å². The minimum Gasteiger partial charge on any atom is -0.454 e. The molecule has 1 atom stereocenters. The molecule has 0 spiro atoms. The monoisotopic (exact) mass is 475 g/mol. The number of thioether (sulfide) groups is 1. The van der Waals surface area contributed by atoms with Crippen molar-refractivity contribution in [2.45, 2.75) is 17.5 Å². The Hall–Kier alpha value is -3.78. The molecule has 0 saturated carbocycles. The standard InChI is InChI=1S/C26H18FNO5S/c1-34-17-6-3-15(4-7-17)23-22-24(29)18-11-16(27)5-9-19(18)33-25(22)26(30)28(23)12-14-2-8-20-21(10-14)32-13-31-20/h2-11,23H,12-13H2,1H3. The highest BCUT2D eigenvalue weighted by atomic mass is 32.2. The third kappa shape index (κ3) is 3.25. The van der Waals surface area contributed by atoms with Gasteiger partial charge in [0, 0.05) is 11.4 Å². The van der Waals surface area contributed by atoms with Crippen molar-refractivity contribution >= 4 is 28.6 Å². The second-order valence-corrected chi connectivity index (χ2v) is 8.99. The van der Waals surface area contributed by atoms with Gasteiger partial charge in [-0.2, -0.15) is 0 Å². The Morgan fingerprint density at radius 3 is 2.59 bits per heavy atom. The summed E-state index contributed by atoms with van der Waals surface area (Å²) in [6.07, 6.45) is 1.98. The molecular formula is C26H18FNO5S. The van der Waals surface area contributed by atoms with Crippen molar-refractivity contribution in [1.82, 2.24) is 4.90 Å². The lowest BCUT2D eigenvalue weighted by atomic mass is 9.98. The minimum absolute atomic E-state index is 0.0104. The Balaban J connectivity index is 1.51. The molecule has 0 radical (unpaired) electrons. The first kappa shape index (κ1) is 20.8. The lowest BCUT2D eigenvalue weighted by molar-refractivity contribution is 0.0714. The van der Waals surface area contributed by atoms with E-state index >= 15 is 0 Å². The predicted molar refractivity (Wildman–Crippen MR) is 125 cm³/mol. The van der Waals surface area contributed by atoms with Gasteiger partial charge < -0.3 is 18.8 Å². The fourth-order valence-corrected chi connectivity index (χ4v) is 4.93. The van der Waals surface area contributed by atoms with Gasteiger partial charge >= 0.3 is 0 Å². The Morgan fingerprint density at radius 2 is 1.79 bits per heavy atom. The van der Waals surface area contributed by atoms with Gasteiger partial charge in [-0.1, -0.05) is 18.2 Å². The average molecular weight is 475 g/mol. The molecule has 0 aliphatic carbocycles. The molecule has 34 heavy (non-hydrogen) atoms. The smallest absolute Gasteiger partial charge is 0.291 e. The fourth-order valence-electron chi connectivity index (χ4n) is 4.52. The highest BCUT2D eigenvalue weighted by Crippen LogP contribution is 2.40. The summed E-state index contributed by atoms with van der Waals surface area (Å²) in [5.41, 5.74) is 1.59. The lowest BCUT2D eigenvalue weighted by Crippen LogP contribution is -2.29. The SMILES string of the molecule is CSc1ccc(C2c3c(oc4ccc(F)cc4c3=O)C(=O)N2Cc2ccc3c(c2)OCO3)cc1. The van der Waals surface area contributed by atoms with E-state index in [-0.39, 0.29) is 35.6 Å². The molecule has 0 N–H and O–H groups in total. The van der Waals surface area contributed by atoms with Crippen LogP contribution >= 0.6 is 11.8 Å². The van der Waals surface area contributed by atoms with Gasteiger partial charge in [-0.3, -0.25) is 9.59 Å². The molecule has 170 valence electrons. The number of benzene rings is 3. The van der Waals surface area contributed by atoms with Gasteiger partial charge in [0.2, 0.25) is 12.6 Å². The molecule has 0 bridgehead atoms. The zero-order valence-electron chi connectivity index (χ0n) is 18.0. The van der Waals surface area contributed by atoms with Crippen LogP contribution in [0.3, 0.4) is 0 Å². The first-order chi connectivity index (χ1) is 16.5. The number of fused-ring (bicyclic) bond motifs is 3. The number of nitrogens with zero attached hydrogens (tertiary/aromatic N) is 1. The number of hydrogen-bond donors (Lipinski definition) is 0. The zero-order valence-corrected chi connectivity index (χ0v) is 18.9. The van der Waals surface area contributed by atoms with Crippen LogP contribution in [0.1, 0.15) is 33.3 Å². The fraction of sp³-hybridized carbons (Fsp3) is 0.154. The van der Waals surface area contributed by atoms with Gasteiger partial charge in [0.1, 0.15) is 11.4 Å². The molecule has 4 aromatic rings. The largest absolute Gasteiger partial charge is 0.454 e. The summed E-state index contributed by atoms with van der Waals surface area (Å²) in [5.74, 6) is 0.313. The number of hydrogen-bond acceptors (Lipinski definition) is 6. The zero-order chi connectivity index (χ0) is 23.4. The summed E-state index contributed by atoms with van der Waals surface area (Å²) in [4.78, 5) is 29.8. The van der Waals surface area contributed by atoms with Crippen molar-refractivity contribution in [3.63, 3.8) is 0 Å². The normalized spacial score (nSPS) is 16.4. The van der Waals surface area contributed by atoms with Gasteiger partial charge in [-0.15, -0.1) is 11.8 Å². The topological polar surface area (TPSA) is 69.0 Å². The Kier molecular flexibility index (Phi) is 4.84. The second-order valence-electron chi connectivity index (χ2n) is 8.11. The molecule has 3 heterocycles. The van der Waals surface area contributed by atoms with Crippen molar-refractivity contribution in [3.8, 4) is 11.5 Å². The van der Waals surface area contributed by atoms with E-state index in [0.29, 0.717) is 11.5 Å². The highest BCUT2D eigenvalue weighted by molar-refractivity contribution is 7.98. The van der Waals surface area contributed by atoms with Gasteiger partial charge in [0.15, 0.2) is 16.9 Å². The Morgan fingerprint density at radius 1 is 1.00 bits per heavy atom. The number of carbonyl (C=O) groups is 1. The highest BCUT2D eigenvalue weighted by Gasteiger charge is 2.42. The van der Waals surface area contributed by atoms with Crippen LogP contribution in [0.5, 0.6) is 11.5 Å². The van der Waals surface area contributed by atoms with E-state index in [2.05, 4.69) is 0 Å². The van der Waals surface area contributed by atoms with E-state index < -0.39 is 23.2 Å². The maximum Gasteiger partial charge on any atom is 0.291 e. The molecule has 6 rings (SSSR count). The first-order valence-corrected chi connectivity index (χ1v) is 11.9. The molecule has 0 fully saturated rings. The molecule has 6 nitrogen and oxygen atoms in total. The number of carbonyl (C=O) groups excluding carboxylic acids is 1. The van der Waals surface area contributed by atoms with Crippen molar-refractivity contribution < 1.29 is 23.1 Å². The van der Waals surface area contributed by atoms with E-state index in [1.165, 1.54) is 12.1 Å². The maximum atomic E-state index is 13.9. The summed E-state index contributed by atoms with van der Waals surface area (Å²) in [7, 11) is 0. The molecule has 0 saturated heterocycles. The van der Waals surface area contributed by atoms with E-state index in [9.17, 15) is 14.0 Å². The van der Waals surface area contributed by atoms with Crippen LogP contribution in [0, 0.1) is 5.82 Å². The second kappa shape index (κ2) is 7.92.